The number of nitrogens with zero attached hydrogens (tertiary/aromatic N) is 2. The Bertz CT molecular complexity index is 1020. The van der Waals surface area contributed by atoms with Crippen molar-refractivity contribution < 1.29 is 19.1 Å². The van der Waals surface area contributed by atoms with Crippen molar-refractivity contribution in [3.05, 3.63) is 46.0 Å². The molecular weight excluding hydrogens is 408 g/mol. The molecule has 1 aromatic carbocycles. The fraction of sp³-hybridized carbons (Fsp3) is 0.429. The second kappa shape index (κ2) is 8.10. The molecule has 4 rings (SSSR count). The lowest BCUT2D eigenvalue weighted by Gasteiger charge is -2.15. The molecule has 0 bridgehead atoms. The third kappa shape index (κ3) is 3.92. The zero-order valence-electron chi connectivity index (χ0n) is 16.8. The SMILES string of the molecule is CCOC(=O)C1CC1C(=O)N1Cc2ccc(NC(=O)c3nc(Cl)c(CC)[nH]3)cc2C1. The van der Waals surface area contributed by atoms with E-state index in [0.717, 1.165) is 11.1 Å². The maximum atomic E-state index is 12.7. The van der Waals surface area contributed by atoms with Gasteiger partial charge in [0.1, 0.15) is 0 Å². The molecule has 8 nitrogen and oxygen atoms in total. The number of anilines is 1. The Morgan fingerprint density at radius 1 is 1.23 bits per heavy atom. The Balaban J connectivity index is 1.39. The highest BCUT2D eigenvalue weighted by Gasteiger charge is 2.51. The van der Waals surface area contributed by atoms with E-state index in [1.54, 1.807) is 17.9 Å². The lowest BCUT2D eigenvalue weighted by atomic mass is 10.1. The number of H-pyrrole nitrogens is 1. The predicted octanol–water partition coefficient (Wildman–Crippen LogP) is 2.92. The van der Waals surface area contributed by atoms with E-state index < -0.39 is 0 Å². The molecule has 1 aliphatic carbocycles. The summed E-state index contributed by atoms with van der Waals surface area (Å²) in [5, 5.41) is 3.11. The third-order valence-electron chi connectivity index (χ3n) is 5.49. The lowest BCUT2D eigenvalue weighted by Crippen LogP contribution is -2.28. The molecule has 2 heterocycles. The van der Waals surface area contributed by atoms with Crippen molar-refractivity contribution in [3.63, 3.8) is 0 Å². The summed E-state index contributed by atoms with van der Waals surface area (Å²) in [6.45, 7) is 4.96. The molecule has 1 aromatic heterocycles. The molecule has 2 aromatic rings. The minimum absolute atomic E-state index is 0.0211. The first-order valence-corrected chi connectivity index (χ1v) is 10.4. The van der Waals surface area contributed by atoms with Gasteiger partial charge in [-0.15, -0.1) is 0 Å². The molecule has 9 heteroatoms. The van der Waals surface area contributed by atoms with Crippen LogP contribution in [0.5, 0.6) is 0 Å². The number of aromatic amines is 1. The first-order valence-electron chi connectivity index (χ1n) is 10.0. The average Bonchev–Trinajstić information content (AvgIpc) is 3.27. The van der Waals surface area contributed by atoms with Crippen LogP contribution < -0.4 is 5.32 Å². The van der Waals surface area contributed by atoms with E-state index in [0.29, 0.717) is 49.1 Å². The van der Waals surface area contributed by atoms with Gasteiger partial charge in [-0.2, -0.15) is 0 Å². The largest absolute Gasteiger partial charge is 0.466 e. The Labute approximate surface area is 178 Å². The number of ether oxygens (including phenoxy) is 1. The van der Waals surface area contributed by atoms with Crippen LogP contribution in [0.1, 0.15) is 47.7 Å². The third-order valence-corrected chi connectivity index (χ3v) is 5.80. The van der Waals surface area contributed by atoms with Crippen LogP contribution >= 0.6 is 11.6 Å². The zero-order chi connectivity index (χ0) is 21.4. The summed E-state index contributed by atoms with van der Waals surface area (Å²) < 4.78 is 5.01. The first-order chi connectivity index (χ1) is 14.4. The van der Waals surface area contributed by atoms with Gasteiger partial charge in [0.05, 0.1) is 24.1 Å². The molecule has 2 unspecified atom stereocenters. The first kappa shape index (κ1) is 20.4. The van der Waals surface area contributed by atoms with Crippen molar-refractivity contribution in [2.45, 2.75) is 39.8 Å². The van der Waals surface area contributed by atoms with Gasteiger partial charge < -0.3 is 19.9 Å². The van der Waals surface area contributed by atoms with Crippen LogP contribution in [0.15, 0.2) is 18.2 Å². The highest BCUT2D eigenvalue weighted by molar-refractivity contribution is 6.30. The van der Waals surface area contributed by atoms with E-state index in [-0.39, 0.29) is 35.4 Å². The monoisotopic (exact) mass is 430 g/mol. The zero-order valence-corrected chi connectivity index (χ0v) is 17.6. The van der Waals surface area contributed by atoms with Crippen LogP contribution in [-0.2, 0) is 33.8 Å². The number of benzene rings is 1. The average molecular weight is 431 g/mol. The molecule has 0 saturated heterocycles. The van der Waals surface area contributed by atoms with Gasteiger partial charge in [-0.25, -0.2) is 4.98 Å². The number of fused-ring (bicyclic) bond motifs is 1. The number of halogens is 1. The van der Waals surface area contributed by atoms with E-state index in [1.165, 1.54) is 0 Å². The topological polar surface area (TPSA) is 104 Å². The normalized spacial score (nSPS) is 19.4. The molecule has 2 amide bonds. The summed E-state index contributed by atoms with van der Waals surface area (Å²) in [7, 11) is 0. The van der Waals surface area contributed by atoms with Crippen LogP contribution in [0.4, 0.5) is 5.69 Å². The van der Waals surface area contributed by atoms with Gasteiger partial charge in [0.2, 0.25) is 5.91 Å². The minimum Gasteiger partial charge on any atom is -0.466 e. The number of nitrogens with one attached hydrogen (secondary N) is 2. The quantitative estimate of drug-likeness (QED) is 0.685. The molecule has 2 atom stereocenters. The Morgan fingerprint density at radius 3 is 2.70 bits per heavy atom. The number of rotatable bonds is 6. The maximum absolute atomic E-state index is 12.7. The number of carbonyl (C=O) groups is 3. The van der Waals surface area contributed by atoms with Gasteiger partial charge in [-0.05, 0) is 43.0 Å². The summed E-state index contributed by atoms with van der Waals surface area (Å²) in [5.41, 5.74) is 3.34. The molecule has 0 spiro atoms. The summed E-state index contributed by atoms with van der Waals surface area (Å²) in [6.07, 6.45) is 1.21. The van der Waals surface area contributed by atoms with E-state index in [9.17, 15) is 14.4 Å². The van der Waals surface area contributed by atoms with Crippen LogP contribution in [0.25, 0.3) is 0 Å². The number of hydrogen-bond donors (Lipinski definition) is 2. The molecule has 1 aliphatic heterocycles. The maximum Gasteiger partial charge on any atom is 0.309 e. The van der Waals surface area contributed by atoms with E-state index in [2.05, 4.69) is 15.3 Å². The summed E-state index contributed by atoms with van der Waals surface area (Å²) >= 11 is 6.00. The Hall–Kier alpha value is -2.87. The molecule has 2 aliphatic rings. The number of esters is 1. The number of imidazole rings is 1. The molecule has 2 N–H and O–H groups in total. The highest BCUT2D eigenvalue weighted by Crippen LogP contribution is 2.42. The standard InChI is InChI=1S/C21H23ClN4O4/c1-3-16-17(22)25-18(24-16)19(27)23-13-6-5-11-9-26(10-12(11)7-13)20(28)14-8-15(14)21(29)30-4-2/h5-7,14-15H,3-4,8-10H2,1-2H3,(H,23,27)(H,24,25). The van der Waals surface area contributed by atoms with Gasteiger partial charge >= 0.3 is 5.97 Å². The van der Waals surface area contributed by atoms with Crippen molar-refractivity contribution in [1.82, 2.24) is 14.9 Å². The van der Waals surface area contributed by atoms with Gasteiger partial charge in [0.25, 0.3) is 5.91 Å². The van der Waals surface area contributed by atoms with Gasteiger partial charge in [-0.1, -0.05) is 24.6 Å². The number of amides is 2. The van der Waals surface area contributed by atoms with E-state index in [1.807, 2.05) is 19.1 Å². The summed E-state index contributed by atoms with van der Waals surface area (Å²) in [4.78, 5) is 45.7. The Kier molecular flexibility index (Phi) is 5.51. The lowest BCUT2D eigenvalue weighted by molar-refractivity contribution is -0.147. The van der Waals surface area contributed by atoms with Gasteiger partial charge in [-0.3, -0.25) is 14.4 Å². The second-order valence-corrected chi connectivity index (χ2v) is 7.90. The molecule has 158 valence electrons. The predicted molar refractivity (Wildman–Crippen MR) is 110 cm³/mol. The van der Waals surface area contributed by atoms with Gasteiger partial charge in [0, 0.05) is 18.8 Å². The molecular formula is C21H23ClN4O4. The second-order valence-electron chi connectivity index (χ2n) is 7.54. The fourth-order valence-electron chi connectivity index (χ4n) is 3.76. The van der Waals surface area contributed by atoms with Crippen LogP contribution in [0.3, 0.4) is 0 Å². The van der Waals surface area contributed by atoms with E-state index >= 15 is 0 Å². The number of carbonyl (C=O) groups excluding carboxylic acids is 3. The number of hydrogen-bond acceptors (Lipinski definition) is 5. The van der Waals surface area contributed by atoms with Crippen molar-refractivity contribution in [2.75, 3.05) is 11.9 Å². The van der Waals surface area contributed by atoms with E-state index in [4.69, 9.17) is 16.3 Å². The van der Waals surface area contributed by atoms with Gasteiger partial charge in [0.15, 0.2) is 11.0 Å². The van der Waals surface area contributed by atoms with Crippen molar-refractivity contribution in [2.24, 2.45) is 11.8 Å². The molecule has 0 radical (unpaired) electrons. The summed E-state index contributed by atoms with van der Waals surface area (Å²) in [6, 6.07) is 5.57. The number of aryl methyl sites for hydroxylation is 1. The van der Waals surface area contributed by atoms with Crippen molar-refractivity contribution in [3.8, 4) is 0 Å². The van der Waals surface area contributed by atoms with Crippen LogP contribution in [-0.4, -0.2) is 39.3 Å². The minimum atomic E-state index is -0.377. The van der Waals surface area contributed by atoms with Crippen molar-refractivity contribution in [1.29, 1.82) is 0 Å². The number of aromatic nitrogens is 2. The van der Waals surface area contributed by atoms with Crippen LogP contribution in [0, 0.1) is 11.8 Å². The van der Waals surface area contributed by atoms with Crippen LogP contribution in [0.2, 0.25) is 5.15 Å². The smallest absolute Gasteiger partial charge is 0.309 e. The molecule has 1 saturated carbocycles. The highest BCUT2D eigenvalue weighted by atomic mass is 35.5. The summed E-state index contributed by atoms with van der Waals surface area (Å²) in [5.74, 6) is -1.13. The molecule has 1 fully saturated rings. The fourth-order valence-corrected chi connectivity index (χ4v) is 4.03. The molecule has 30 heavy (non-hydrogen) atoms. The van der Waals surface area contributed by atoms with Crippen molar-refractivity contribution >= 4 is 35.1 Å². The Morgan fingerprint density at radius 2 is 2.00 bits per heavy atom.